The molecule has 14 atom stereocenters. The fourth-order valence-corrected chi connectivity index (χ4v) is 7.66. The van der Waals surface area contributed by atoms with Crippen molar-refractivity contribution in [2.75, 3.05) is 6.54 Å². The minimum atomic E-state index is -1.42. The predicted molar refractivity (Wildman–Crippen MR) is 195 cm³/mol. The van der Waals surface area contributed by atoms with Gasteiger partial charge < -0.3 is 68.0 Å². The molecule has 0 bridgehead atoms. The highest BCUT2D eigenvalue weighted by atomic mass is 16.7. The van der Waals surface area contributed by atoms with E-state index in [1.165, 1.54) is 77.0 Å². The van der Waals surface area contributed by atoms with Crippen molar-refractivity contribution < 1.29 is 39.4 Å². The topological polar surface area (TPSA) is 279 Å². The molecule has 1 aliphatic carbocycles. The maximum atomic E-state index is 11.4. The van der Waals surface area contributed by atoms with Crippen LogP contribution in [-0.4, -0.2) is 128 Å². The van der Waals surface area contributed by atoms with Crippen molar-refractivity contribution in [3.8, 4) is 0 Å². The molecule has 302 valence electrons. The van der Waals surface area contributed by atoms with E-state index in [1.807, 2.05) is 6.20 Å². The Labute approximate surface area is 309 Å². The first-order chi connectivity index (χ1) is 25.0. The highest BCUT2D eigenvalue weighted by Crippen LogP contribution is 2.31. The molecule has 3 heterocycles. The van der Waals surface area contributed by atoms with Gasteiger partial charge in [0, 0.05) is 24.8 Å². The van der Waals surface area contributed by atoms with E-state index < -0.39 is 85.6 Å². The second-order valence-electron chi connectivity index (χ2n) is 15.4. The highest BCUT2D eigenvalue weighted by molar-refractivity contribution is 5.01. The molecule has 1 aromatic rings. The number of hydrogen-bond acceptors (Lipinski definition) is 15. The van der Waals surface area contributed by atoms with Crippen LogP contribution in [0.5, 0.6) is 0 Å². The molecule has 16 nitrogen and oxygen atoms in total. The SMILES string of the molecule is CCCCCCCCCCCCCCCCc1cn(C[C@H]2O[C@H](O[C@@H]3[C@@H](O)[C@H](O[C@H]4O[C@H](CN)[C@@H](O)C[C@H]4N)[C@@H](N)C[C@H]3N)[C@H](O)[C@@H](N)[C@@H]2O)nn1. The monoisotopic (exact) mass is 743 g/mol. The Balaban J connectivity index is 1.20. The lowest BCUT2D eigenvalue weighted by Gasteiger charge is -2.48. The number of nitrogens with zero attached hydrogens (tertiary/aromatic N) is 3. The van der Waals surface area contributed by atoms with Crippen molar-refractivity contribution in [2.24, 2.45) is 28.7 Å². The van der Waals surface area contributed by atoms with Gasteiger partial charge in [0.05, 0.1) is 42.6 Å². The quantitative estimate of drug-likeness (QED) is 0.0709. The summed E-state index contributed by atoms with van der Waals surface area (Å²) in [4.78, 5) is 0. The average Bonchev–Trinajstić information content (AvgIpc) is 3.57. The molecule has 0 spiro atoms. The zero-order valence-electron chi connectivity index (χ0n) is 31.2. The van der Waals surface area contributed by atoms with Crippen molar-refractivity contribution in [3.05, 3.63) is 11.9 Å². The second-order valence-corrected chi connectivity index (χ2v) is 15.4. The summed E-state index contributed by atoms with van der Waals surface area (Å²) in [6, 6.07) is -3.23. The van der Waals surface area contributed by atoms with Gasteiger partial charge in [-0.2, -0.15) is 0 Å². The van der Waals surface area contributed by atoms with Gasteiger partial charge >= 0.3 is 0 Å². The van der Waals surface area contributed by atoms with Crippen LogP contribution in [0, 0.1) is 0 Å². The highest BCUT2D eigenvalue weighted by Gasteiger charge is 2.50. The van der Waals surface area contributed by atoms with Crippen LogP contribution in [0.15, 0.2) is 6.20 Å². The molecular formula is C36H70N8O8. The Kier molecular flexibility index (Phi) is 18.5. The number of aryl methyl sites for hydroxylation is 1. The smallest absolute Gasteiger partial charge is 0.186 e. The van der Waals surface area contributed by atoms with Gasteiger partial charge in [0.2, 0.25) is 0 Å². The molecular weight excluding hydrogens is 672 g/mol. The van der Waals surface area contributed by atoms with Gasteiger partial charge in [-0.25, -0.2) is 4.68 Å². The van der Waals surface area contributed by atoms with E-state index in [2.05, 4.69) is 17.2 Å². The molecule has 52 heavy (non-hydrogen) atoms. The number of aliphatic hydroxyl groups excluding tert-OH is 4. The van der Waals surface area contributed by atoms with Gasteiger partial charge in [-0.15, -0.1) is 5.10 Å². The second kappa shape index (κ2) is 22.2. The first-order valence-corrected chi connectivity index (χ1v) is 20.0. The Bertz CT molecular complexity index is 1120. The van der Waals surface area contributed by atoms with Crippen molar-refractivity contribution in [1.29, 1.82) is 0 Å². The largest absolute Gasteiger partial charge is 0.390 e. The van der Waals surface area contributed by atoms with E-state index in [0.717, 1.165) is 25.0 Å². The fraction of sp³-hybridized carbons (Fsp3) is 0.944. The van der Waals surface area contributed by atoms with Crippen molar-refractivity contribution in [2.45, 2.75) is 208 Å². The summed E-state index contributed by atoms with van der Waals surface area (Å²) in [6.07, 6.45) is 10.5. The maximum Gasteiger partial charge on any atom is 0.186 e. The van der Waals surface area contributed by atoms with Crippen LogP contribution in [-0.2, 0) is 31.9 Å². The van der Waals surface area contributed by atoms with Gasteiger partial charge in [-0.3, -0.25) is 0 Å². The summed E-state index contributed by atoms with van der Waals surface area (Å²) in [5.74, 6) is 0. The Morgan fingerprint density at radius 1 is 0.692 bits per heavy atom. The summed E-state index contributed by atoms with van der Waals surface area (Å²) in [5.41, 5.74) is 31.7. The van der Waals surface area contributed by atoms with Gasteiger partial charge in [0.25, 0.3) is 0 Å². The fourth-order valence-electron chi connectivity index (χ4n) is 7.66. The van der Waals surface area contributed by atoms with Gasteiger partial charge in [0.15, 0.2) is 12.6 Å². The van der Waals surface area contributed by atoms with Crippen molar-refractivity contribution in [3.63, 3.8) is 0 Å². The Morgan fingerprint density at radius 2 is 1.23 bits per heavy atom. The number of hydrogen-bond donors (Lipinski definition) is 9. The molecule has 14 N–H and O–H groups in total. The number of unbranched alkanes of at least 4 members (excludes halogenated alkanes) is 13. The van der Waals surface area contributed by atoms with E-state index in [4.69, 9.17) is 47.6 Å². The molecule has 16 heteroatoms. The van der Waals surface area contributed by atoms with Crippen molar-refractivity contribution in [1.82, 2.24) is 15.0 Å². The number of aliphatic hydroxyl groups is 4. The Morgan fingerprint density at radius 3 is 1.81 bits per heavy atom. The summed E-state index contributed by atoms with van der Waals surface area (Å²) >= 11 is 0. The predicted octanol–water partition coefficient (Wildman–Crippen LogP) is 0.0274. The van der Waals surface area contributed by atoms with Gasteiger partial charge in [-0.1, -0.05) is 95.6 Å². The number of aromatic nitrogens is 3. The zero-order valence-corrected chi connectivity index (χ0v) is 31.2. The maximum absolute atomic E-state index is 11.4. The molecule has 4 rings (SSSR count). The summed E-state index contributed by atoms with van der Waals surface area (Å²) in [7, 11) is 0. The third-order valence-corrected chi connectivity index (χ3v) is 11.0. The van der Waals surface area contributed by atoms with E-state index in [-0.39, 0.29) is 25.9 Å². The molecule has 3 fully saturated rings. The van der Waals surface area contributed by atoms with Crippen molar-refractivity contribution >= 4 is 0 Å². The van der Waals surface area contributed by atoms with Gasteiger partial charge in [-0.05, 0) is 25.7 Å². The molecule has 3 aliphatic rings. The number of rotatable bonds is 22. The minimum Gasteiger partial charge on any atom is -0.390 e. The van der Waals surface area contributed by atoms with E-state index >= 15 is 0 Å². The van der Waals surface area contributed by atoms with E-state index in [1.54, 1.807) is 4.68 Å². The standard InChI is InChI=1S/C36H70N8O8/c1-2-3-4-5-6-7-8-9-10-11-12-13-14-15-16-22-20-44(43-42-22)21-28-30(46)29(41)31(47)36(50-28)52-34-24(39)17-23(38)33(32(34)48)51-35-25(40)18-26(45)27(19-37)49-35/h20,23-36,45-48H,2-19,21,37-41H2,1H3/t23-,24+,25+,26-,27+,28+,29-,30+,31+,32-,33+,34-,35+,36+/m0/s1. The van der Waals surface area contributed by atoms with E-state index in [9.17, 15) is 20.4 Å². The molecule has 2 aliphatic heterocycles. The van der Waals surface area contributed by atoms with Crippen LogP contribution in [0.3, 0.4) is 0 Å². The third-order valence-electron chi connectivity index (χ3n) is 11.0. The number of nitrogens with two attached hydrogens (primary N) is 5. The van der Waals surface area contributed by atoms with Crippen LogP contribution >= 0.6 is 0 Å². The van der Waals surface area contributed by atoms with Crippen LogP contribution in [0.2, 0.25) is 0 Å². The number of ether oxygens (including phenoxy) is 4. The average molecular weight is 743 g/mol. The first kappa shape index (κ1) is 43.3. The molecule has 0 amide bonds. The Hall–Kier alpha value is -1.38. The molecule has 1 saturated carbocycles. The molecule has 0 aromatic carbocycles. The van der Waals surface area contributed by atoms with Crippen LogP contribution in [0.25, 0.3) is 0 Å². The summed E-state index contributed by atoms with van der Waals surface area (Å²) in [6.45, 7) is 2.44. The first-order valence-electron chi connectivity index (χ1n) is 20.0. The molecule has 1 aromatic heterocycles. The van der Waals surface area contributed by atoms with Crippen LogP contribution < -0.4 is 28.7 Å². The summed E-state index contributed by atoms with van der Waals surface area (Å²) < 4.78 is 25.5. The molecule has 2 saturated heterocycles. The van der Waals surface area contributed by atoms with E-state index in [0.29, 0.717) is 0 Å². The molecule has 0 unspecified atom stereocenters. The lowest BCUT2D eigenvalue weighted by molar-refractivity contribution is -0.313. The molecule has 0 radical (unpaired) electrons. The van der Waals surface area contributed by atoms with Gasteiger partial charge in [0.1, 0.15) is 30.5 Å². The van der Waals surface area contributed by atoms with Crippen LogP contribution in [0.1, 0.15) is 115 Å². The lowest BCUT2D eigenvalue weighted by Crippen LogP contribution is -2.68. The minimum absolute atomic E-state index is 0.0588. The zero-order chi connectivity index (χ0) is 37.6. The summed E-state index contributed by atoms with van der Waals surface area (Å²) in [5, 5.41) is 51.9. The van der Waals surface area contributed by atoms with Crippen LogP contribution in [0.4, 0.5) is 0 Å². The normalized spacial score (nSPS) is 37.0. The lowest BCUT2D eigenvalue weighted by atomic mass is 9.84. The third kappa shape index (κ3) is 12.6.